The zero-order chi connectivity index (χ0) is 18.4. The number of rotatable bonds is 6. The first kappa shape index (κ1) is 18.9. The number of halogens is 2. The van der Waals surface area contributed by atoms with Crippen LogP contribution in [-0.4, -0.2) is 26.0 Å². The Bertz CT molecular complexity index is 796. The molecule has 2 rings (SSSR count). The van der Waals surface area contributed by atoms with Crippen LogP contribution in [0.5, 0.6) is 11.5 Å². The third-order valence-corrected chi connectivity index (χ3v) is 3.74. The van der Waals surface area contributed by atoms with Gasteiger partial charge in [0, 0.05) is 16.8 Å². The van der Waals surface area contributed by atoms with E-state index < -0.39 is 11.8 Å². The van der Waals surface area contributed by atoms with Crippen molar-refractivity contribution in [3.63, 3.8) is 0 Å². The van der Waals surface area contributed by atoms with Gasteiger partial charge in [-0.2, -0.15) is 0 Å². The fourth-order valence-electron chi connectivity index (χ4n) is 2.05. The molecular weight excluding hydrogens is 367 g/mol. The van der Waals surface area contributed by atoms with Crippen molar-refractivity contribution in [1.29, 1.82) is 0 Å². The number of carbonyl (C=O) groups is 2. The van der Waals surface area contributed by atoms with E-state index in [1.54, 1.807) is 30.3 Å². The third-order valence-electron chi connectivity index (χ3n) is 3.19. The molecule has 0 fully saturated rings. The molecule has 0 aromatic heterocycles. The van der Waals surface area contributed by atoms with E-state index in [2.05, 4.69) is 10.6 Å². The molecule has 0 aliphatic heterocycles. The van der Waals surface area contributed by atoms with Gasteiger partial charge in [-0.25, -0.2) is 0 Å². The van der Waals surface area contributed by atoms with Gasteiger partial charge in [0.1, 0.15) is 6.42 Å². The van der Waals surface area contributed by atoms with Crippen LogP contribution in [0.2, 0.25) is 10.0 Å². The normalized spacial score (nSPS) is 10.1. The van der Waals surface area contributed by atoms with Gasteiger partial charge in [0.2, 0.25) is 11.8 Å². The van der Waals surface area contributed by atoms with Gasteiger partial charge >= 0.3 is 0 Å². The largest absolute Gasteiger partial charge is 0.493 e. The lowest BCUT2D eigenvalue weighted by Crippen LogP contribution is -2.21. The Hall–Kier alpha value is -2.44. The molecule has 132 valence electrons. The van der Waals surface area contributed by atoms with Crippen LogP contribution in [0.15, 0.2) is 36.4 Å². The van der Waals surface area contributed by atoms with Crippen LogP contribution in [0.1, 0.15) is 6.42 Å². The van der Waals surface area contributed by atoms with Crippen molar-refractivity contribution in [3.8, 4) is 11.5 Å². The molecule has 0 atom stereocenters. The van der Waals surface area contributed by atoms with E-state index in [4.69, 9.17) is 32.7 Å². The van der Waals surface area contributed by atoms with Gasteiger partial charge in [0.05, 0.1) is 24.9 Å². The molecule has 2 aromatic carbocycles. The van der Waals surface area contributed by atoms with Crippen LogP contribution in [0.4, 0.5) is 11.4 Å². The van der Waals surface area contributed by atoms with Crippen molar-refractivity contribution in [3.05, 3.63) is 46.4 Å². The summed E-state index contributed by atoms with van der Waals surface area (Å²) in [5, 5.41) is 5.92. The van der Waals surface area contributed by atoms with E-state index in [-0.39, 0.29) is 6.42 Å². The SMILES string of the molecule is COc1ccc(NC(=O)CC(=O)Nc2ccc(Cl)cc2Cl)cc1OC. The maximum atomic E-state index is 12.0. The molecule has 0 aliphatic rings. The number of amides is 2. The summed E-state index contributed by atoms with van der Waals surface area (Å²) in [6.45, 7) is 0. The van der Waals surface area contributed by atoms with Crippen LogP contribution < -0.4 is 20.1 Å². The summed E-state index contributed by atoms with van der Waals surface area (Å²) >= 11 is 11.8. The molecule has 0 radical (unpaired) electrons. The van der Waals surface area contributed by atoms with E-state index >= 15 is 0 Å². The molecule has 2 N–H and O–H groups in total. The Morgan fingerprint density at radius 2 is 1.60 bits per heavy atom. The summed E-state index contributed by atoms with van der Waals surface area (Å²) in [7, 11) is 3.01. The third kappa shape index (κ3) is 5.27. The van der Waals surface area contributed by atoms with Crippen LogP contribution in [0.3, 0.4) is 0 Å². The molecule has 6 nitrogen and oxygen atoms in total. The minimum Gasteiger partial charge on any atom is -0.493 e. The molecule has 0 bridgehead atoms. The second-order valence-electron chi connectivity index (χ2n) is 4.97. The van der Waals surface area contributed by atoms with Crippen LogP contribution in [-0.2, 0) is 9.59 Å². The van der Waals surface area contributed by atoms with Gasteiger partial charge in [-0.3, -0.25) is 9.59 Å². The topological polar surface area (TPSA) is 76.7 Å². The second kappa shape index (κ2) is 8.60. The smallest absolute Gasteiger partial charge is 0.233 e. The summed E-state index contributed by atoms with van der Waals surface area (Å²) in [5.74, 6) is 0.0327. The predicted octanol–water partition coefficient (Wildman–Crippen LogP) is 3.98. The molecular formula is C17H16Cl2N2O4. The molecule has 0 unspecified atom stereocenters. The Morgan fingerprint density at radius 3 is 2.24 bits per heavy atom. The van der Waals surface area contributed by atoms with E-state index in [0.29, 0.717) is 32.9 Å². The average molecular weight is 383 g/mol. The lowest BCUT2D eigenvalue weighted by molar-refractivity contribution is -0.123. The van der Waals surface area contributed by atoms with Gasteiger partial charge in [-0.15, -0.1) is 0 Å². The fraction of sp³-hybridized carbons (Fsp3) is 0.176. The first-order chi connectivity index (χ1) is 11.9. The van der Waals surface area contributed by atoms with Gasteiger partial charge in [-0.05, 0) is 30.3 Å². The number of ether oxygens (including phenoxy) is 2. The molecule has 2 aromatic rings. The first-order valence-electron chi connectivity index (χ1n) is 7.19. The highest BCUT2D eigenvalue weighted by molar-refractivity contribution is 6.36. The Morgan fingerprint density at radius 1 is 0.920 bits per heavy atom. The van der Waals surface area contributed by atoms with Crippen molar-refractivity contribution in [2.75, 3.05) is 24.9 Å². The molecule has 0 spiro atoms. The molecule has 0 saturated carbocycles. The summed E-state index contributed by atoms with van der Waals surface area (Å²) in [4.78, 5) is 24.0. The van der Waals surface area contributed by atoms with Crippen LogP contribution in [0, 0.1) is 0 Å². The highest BCUT2D eigenvalue weighted by atomic mass is 35.5. The molecule has 0 heterocycles. The molecule has 0 aliphatic carbocycles. The number of benzene rings is 2. The van der Waals surface area contributed by atoms with Gasteiger partial charge < -0.3 is 20.1 Å². The Balaban J connectivity index is 1.96. The fourth-order valence-corrected chi connectivity index (χ4v) is 2.51. The van der Waals surface area contributed by atoms with Crippen LogP contribution in [0.25, 0.3) is 0 Å². The lowest BCUT2D eigenvalue weighted by Gasteiger charge is -2.11. The summed E-state index contributed by atoms with van der Waals surface area (Å²) in [6.07, 6.45) is -0.368. The van der Waals surface area contributed by atoms with Crippen molar-refractivity contribution in [2.45, 2.75) is 6.42 Å². The van der Waals surface area contributed by atoms with E-state index in [1.807, 2.05) is 0 Å². The van der Waals surface area contributed by atoms with E-state index in [1.165, 1.54) is 20.3 Å². The van der Waals surface area contributed by atoms with Gasteiger partial charge in [-0.1, -0.05) is 23.2 Å². The summed E-state index contributed by atoms with van der Waals surface area (Å²) in [5.41, 5.74) is 0.870. The maximum Gasteiger partial charge on any atom is 0.233 e. The number of methoxy groups -OCH3 is 2. The molecule has 0 saturated heterocycles. The second-order valence-corrected chi connectivity index (χ2v) is 5.81. The zero-order valence-corrected chi connectivity index (χ0v) is 15.1. The molecule has 2 amide bonds. The number of hydrogen-bond acceptors (Lipinski definition) is 4. The number of hydrogen-bond donors (Lipinski definition) is 2. The maximum absolute atomic E-state index is 12.0. The lowest BCUT2D eigenvalue weighted by atomic mass is 10.2. The van der Waals surface area contributed by atoms with E-state index in [0.717, 1.165) is 0 Å². The number of anilines is 2. The summed E-state index contributed by atoms with van der Waals surface area (Å²) < 4.78 is 10.3. The highest BCUT2D eigenvalue weighted by Crippen LogP contribution is 2.30. The molecule has 25 heavy (non-hydrogen) atoms. The van der Waals surface area contributed by atoms with Crippen molar-refractivity contribution in [2.24, 2.45) is 0 Å². The minimum atomic E-state index is -0.498. The van der Waals surface area contributed by atoms with Crippen molar-refractivity contribution >= 4 is 46.4 Å². The Kier molecular flexibility index (Phi) is 6.50. The Labute approximate surface area is 155 Å². The van der Waals surface area contributed by atoms with E-state index in [9.17, 15) is 9.59 Å². The van der Waals surface area contributed by atoms with Crippen LogP contribution >= 0.6 is 23.2 Å². The average Bonchev–Trinajstić information content (AvgIpc) is 2.57. The van der Waals surface area contributed by atoms with Gasteiger partial charge in [0.25, 0.3) is 0 Å². The van der Waals surface area contributed by atoms with Gasteiger partial charge in [0.15, 0.2) is 11.5 Å². The summed E-state index contributed by atoms with van der Waals surface area (Å²) in [6, 6.07) is 9.56. The van der Waals surface area contributed by atoms with Crippen molar-refractivity contribution in [1.82, 2.24) is 0 Å². The standard InChI is InChI=1S/C17H16Cl2N2O4/c1-24-14-6-4-11(8-15(14)25-2)20-16(22)9-17(23)21-13-5-3-10(18)7-12(13)19/h3-8H,9H2,1-2H3,(H,20,22)(H,21,23). The number of carbonyl (C=O) groups excluding carboxylic acids is 2. The monoisotopic (exact) mass is 382 g/mol. The predicted molar refractivity (Wildman–Crippen MR) is 97.9 cm³/mol. The highest BCUT2D eigenvalue weighted by Gasteiger charge is 2.13. The molecule has 8 heteroatoms. The quantitative estimate of drug-likeness (QED) is 0.740. The van der Waals surface area contributed by atoms with Crippen molar-refractivity contribution < 1.29 is 19.1 Å². The minimum absolute atomic E-state index is 0.293. The zero-order valence-electron chi connectivity index (χ0n) is 13.6. The first-order valence-corrected chi connectivity index (χ1v) is 7.95. The number of nitrogens with one attached hydrogen (secondary N) is 2.